The first-order chi connectivity index (χ1) is 11.1. The van der Waals surface area contributed by atoms with Crippen molar-refractivity contribution in [3.63, 3.8) is 0 Å². The number of rotatable bonds is 4. The minimum absolute atomic E-state index is 0.0220. The van der Waals surface area contributed by atoms with E-state index in [1.807, 2.05) is 65.0 Å². The number of carbonyl (C=O) groups excluding carboxylic acids is 1. The number of nitrogens with zero attached hydrogens (tertiary/aromatic N) is 1. The zero-order chi connectivity index (χ0) is 18.0. The first-order valence-electron chi connectivity index (χ1n) is 8.49. The van der Waals surface area contributed by atoms with Crippen LogP contribution in [0.3, 0.4) is 0 Å². The Kier molecular flexibility index (Phi) is 5.56. The fraction of sp³-hybridized carbons (Fsp3) is 0.632. The Morgan fingerprint density at radius 2 is 1.92 bits per heavy atom. The number of aliphatic hydroxyl groups is 1. The standard InChI is InChI=1S/C19H29NO4/c1-18(2,3)24-17(22)20-15(13-14-9-7-6-8-10-14)16(11-12-21)23-19(20,4)5/h6-10,15-16,21H,11-13H2,1-5H3/t15-,16-/m0/s1. The Hall–Kier alpha value is -1.59. The van der Waals surface area contributed by atoms with Crippen LogP contribution < -0.4 is 0 Å². The molecule has 0 aliphatic carbocycles. The van der Waals surface area contributed by atoms with Crippen LogP contribution in [0, 0.1) is 0 Å². The molecule has 1 amide bonds. The van der Waals surface area contributed by atoms with Crippen molar-refractivity contribution >= 4 is 6.09 Å². The molecular formula is C19H29NO4. The van der Waals surface area contributed by atoms with Crippen LogP contribution in [0.25, 0.3) is 0 Å². The maximum atomic E-state index is 12.8. The molecule has 134 valence electrons. The lowest BCUT2D eigenvalue weighted by atomic mass is 9.98. The summed E-state index contributed by atoms with van der Waals surface area (Å²) in [6.07, 6.45) is 0.542. The third kappa shape index (κ3) is 4.48. The highest BCUT2D eigenvalue weighted by Gasteiger charge is 2.50. The molecule has 2 atom stereocenters. The minimum Gasteiger partial charge on any atom is -0.444 e. The van der Waals surface area contributed by atoms with Crippen LogP contribution in [-0.2, 0) is 15.9 Å². The number of ether oxygens (including phenoxy) is 2. The van der Waals surface area contributed by atoms with E-state index in [4.69, 9.17) is 9.47 Å². The van der Waals surface area contributed by atoms with E-state index < -0.39 is 11.3 Å². The van der Waals surface area contributed by atoms with Crippen molar-refractivity contribution in [2.24, 2.45) is 0 Å². The van der Waals surface area contributed by atoms with Gasteiger partial charge in [-0.25, -0.2) is 4.79 Å². The van der Waals surface area contributed by atoms with Gasteiger partial charge in [0.1, 0.15) is 11.3 Å². The Balaban J connectivity index is 2.29. The van der Waals surface area contributed by atoms with Gasteiger partial charge in [-0.15, -0.1) is 0 Å². The van der Waals surface area contributed by atoms with Crippen molar-refractivity contribution in [1.29, 1.82) is 0 Å². The zero-order valence-corrected chi connectivity index (χ0v) is 15.3. The lowest BCUT2D eigenvalue weighted by molar-refractivity contribution is -0.0814. The van der Waals surface area contributed by atoms with Gasteiger partial charge in [0.25, 0.3) is 0 Å². The second-order valence-corrected chi connectivity index (χ2v) is 7.72. The molecule has 1 aliphatic rings. The highest BCUT2D eigenvalue weighted by molar-refractivity contribution is 5.70. The summed E-state index contributed by atoms with van der Waals surface area (Å²) in [4.78, 5) is 14.5. The molecule has 5 heteroatoms. The molecule has 0 spiro atoms. The summed E-state index contributed by atoms with van der Waals surface area (Å²) in [5.41, 5.74) is -0.221. The summed E-state index contributed by atoms with van der Waals surface area (Å²) in [7, 11) is 0. The lowest BCUT2D eigenvalue weighted by Crippen LogP contribution is -2.51. The number of aliphatic hydroxyl groups excluding tert-OH is 1. The van der Waals surface area contributed by atoms with E-state index in [0.29, 0.717) is 12.8 Å². The maximum absolute atomic E-state index is 12.8. The first kappa shape index (κ1) is 18.7. The number of hydrogen-bond donors (Lipinski definition) is 1. The van der Waals surface area contributed by atoms with Gasteiger partial charge in [0.15, 0.2) is 0 Å². The third-order valence-corrected chi connectivity index (χ3v) is 4.07. The second-order valence-electron chi connectivity index (χ2n) is 7.72. The lowest BCUT2D eigenvalue weighted by Gasteiger charge is -2.35. The molecule has 0 bridgehead atoms. The van der Waals surface area contributed by atoms with Crippen LogP contribution in [-0.4, -0.2) is 46.2 Å². The highest BCUT2D eigenvalue weighted by atomic mass is 16.6. The number of benzene rings is 1. The molecule has 1 aromatic carbocycles. The number of carbonyl (C=O) groups is 1. The van der Waals surface area contributed by atoms with Gasteiger partial charge in [0.2, 0.25) is 0 Å². The molecule has 0 saturated carbocycles. The molecule has 1 heterocycles. The Bertz CT molecular complexity index is 550. The van der Waals surface area contributed by atoms with Gasteiger partial charge < -0.3 is 14.6 Å². The summed E-state index contributed by atoms with van der Waals surface area (Å²) < 4.78 is 11.7. The van der Waals surface area contributed by atoms with Crippen LogP contribution >= 0.6 is 0 Å². The Morgan fingerprint density at radius 1 is 1.29 bits per heavy atom. The fourth-order valence-electron chi connectivity index (χ4n) is 3.19. The average molecular weight is 335 g/mol. The van der Waals surface area contributed by atoms with Crippen molar-refractivity contribution in [3.05, 3.63) is 35.9 Å². The molecule has 1 saturated heterocycles. The normalized spacial score (nSPS) is 23.3. The molecule has 1 aromatic rings. The van der Waals surface area contributed by atoms with E-state index >= 15 is 0 Å². The topological polar surface area (TPSA) is 59.0 Å². The SMILES string of the molecule is CC(C)(C)OC(=O)N1[C@@H](Cc2ccccc2)[C@H](CCO)OC1(C)C. The Morgan fingerprint density at radius 3 is 2.46 bits per heavy atom. The van der Waals surface area contributed by atoms with Gasteiger partial charge in [-0.3, -0.25) is 4.90 Å². The van der Waals surface area contributed by atoms with Gasteiger partial charge >= 0.3 is 6.09 Å². The average Bonchev–Trinajstić information content (AvgIpc) is 2.69. The summed E-state index contributed by atoms with van der Waals surface area (Å²) >= 11 is 0. The van der Waals surface area contributed by atoms with Crippen molar-refractivity contribution in [2.75, 3.05) is 6.61 Å². The van der Waals surface area contributed by atoms with Crippen LogP contribution in [0.4, 0.5) is 4.79 Å². The van der Waals surface area contributed by atoms with Gasteiger partial charge in [0.05, 0.1) is 12.1 Å². The molecule has 0 unspecified atom stereocenters. The third-order valence-electron chi connectivity index (χ3n) is 4.07. The van der Waals surface area contributed by atoms with Crippen molar-refractivity contribution in [2.45, 2.75) is 70.9 Å². The van der Waals surface area contributed by atoms with Crippen molar-refractivity contribution in [1.82, 2.24) is 4.90 Å². The molecule has 24 heavy (non-hydrogen) atoms. The molecular weight excluding hydrogens is 306 g/mol. The molecule has 0 aromatic heterocycles. The van der Waals surface area contributed by atoms with E-state index in [2.05, 4.69) is 0 Å². The van der Waals surface area contributed by atoms with Gasteiger partial charge in [-0.2, -0.15) is 0 Å². The molecule has 1 aliphatic heterocycles. The van der Waals surface area contributed by atoms with Crippen LogP contribution in [0.5, 0.6) is 0 Å². The maximum Gasteiger partial charge on any atom is 0.412 e. The van der Waals surface area contributed by atoms with E-state index in [1.165, 1.54) is 0 Å². The van der Waals surface area contributed by atoms with E-state index in [9.17, 15) is 9.90 Å². The predicted octanol–water partition coefficient (Wildman–Crippen LogP) is 3.35. The van der Waals surface area contributed by atoms with Gasteiger partial charge in [-0.05, 0) is 53.0 Å². The van der Waals surface area contributed by atoms with E-state index in [-0.39, 0.29) is 24.8 Å². The number of amides is 1. The largest absolute Gasteiger partial charge is 0.444 e. The van der Waals surface area contributed by atoms with Crippen LogP contribution in [0.15, 0.2) is 30.3 Å². The molecule has 2 rings (SSSR count). The zero-order valence-electron chi connectivity index (χ0n) is 15.3. The Labute approximate surface area is 144 Å². The predicted molar refractivity (Wildman–Crippen MR) is 92.7 cm³/mol. The van der Waals surface area contributed by atoms with E-state index in [1.54, 1.807) is 4.90 Å². The summed E-state index contributed by atoms with van der Waals surface area (Å²) in [6.45, 7) is 9.32. The first-order valence-corrected chi connectivity index (χ1v) is 8.49. The smallest absolute Gasteiger partial charge is 0.412 e. The van der Waals surface area contributed by atoms with Crippen LogP contribution in [0.1, 0.15) is 46.6 Å². The van der Waals surface area contributed by atoms with Crippen LogP contribution in [0.2, 0.25) is 0 Å². The molecule has 1 N–H and O–H groups in total. The molecule has 1 fully saturated rings. The monoisotopic (exact) mass is 335 g/mol. The summed E-state index contributed by atoms with van der Waals surface area (Å²) in [5.74, 6) is 0. The van der Waals surface area contributed by atoms with Crippen molar-refractivity contribution < 1.29 is 19.4 Å². The van der Waals surface area contributed by atoms with Crippen molar-refractivity contribution in [3.8, 4) is 0 Å². The van der Waals surface area contributed by atoms with Gasteiger partial charge in [-0.1, -0.05) is 30.3 Å². The van der Waals surface area contributed by atoms with E-state index in [0.717, 1.165) is 5.56 Å². The summed E-state index contributed by atoms with van der Waals surface area (Å²) in [6, 6.07) is 9.83. The van der Waals surface area contributed by atoms with Gasteiger partial charge in [0, 0.05) is 6.61 Å². The second kappa shape index (κ2) is 7.11. The number of hydrogen-bond acceptors (Lipinski definition) is 4. The quantitative estimate of drug-likeness (QED) is 0.917. The minimum atomic E-state index is -0.776. The summed E-state index contributed by atoms with van der Waals surface area (Å²) in [5, 5.41) is 9.38. The highest BCUT2D eigenvalue weighted by Crippen LogP contribution is 2.36. The fourth-order valence-corrected chi connectivity index (χ4v) is 3.19. The molecule has 5 nitrogen and oxygen atoms in total. The molecule has 0 radical (unpaired) electrons.